The van der Waals surface area contributed by atoms with E-state index in [9.17, 15) is 0 Å². The first-order valence-corrected chi connectivity index (χ1v) is 5.93. The van der Waals surface area contributed by atoms with Gasteiger partial charge in [0.1, 0.15) is 5.76 Å². The molecule has 0 aromatic rings. The van der Waals surface area contributed by atoms with Crippen LogP contribution >= 0.6 is 0 Å². The van der Waals surface area contributed by atoms with Crippen molar-refractivity contribution in [1.29, 1.82) is 0 Å². The third-order valence-corrected chi connectivity index (χ3v) is 1.62. The Hall–Kier alpha value is -1.02. The van der Waals surface area contributed by atoms with Crippen molar-refractivity contribution in [3.8, 4) is 0 Å². The zero-order valence-electron chi connectivity index (χ0n) is 11.1. The number of aliphatic hydroxyl groups is 1. The second-order valence-corrected chi connectivity index (χ2v) is 3.17. The van der Waals surface area contributed by atoms with Crippen LogP contribution in [0.25, 0.3) is 0 Å². The van der Waals surface area contributed by atoms with E-state index in [1.807, 2.05) is 6.92 Å². The SMILES string of the molecule is C/C=C(O)\C=C/COCCC.C/C=C\CC. The molecule has 0 saturated carbocycles. The smallest absolute Gasteiger partial charge is 0.111 e. The molecule has 0 saturated heterocycles. The summed E-state index contributed by atoms with van der Waals surface area (Å²) in [6.45, 7) is 9.36. The molecule has 0 aromatic carbocycles. The molecule has 0 rings (SSSR count). The minimum Gasteiger partial charge on any atom is -0.508 e. The fraction of sp³-hybridized carbons (Fsp3) is 0.571. The third kappa shape index (κ3) is 18.7. The minimum atomic E-state index is 0.282. The molecule has 0 radical (unpaired) electrons. The van der Waals surface area contributed by atoms with Crippen molar-refractivity contribution in [3.05, 3.63) is 36.1 Å². The van der Waals surface area contributed by atoms with Gasteiger partial charge in [-0.1, -0.05) is 32.1 Å². The van der Waals surface area contributed by atoms with Gasteiger partial charge in [-0.15, -0.1) is 0 Å². The molecule has 0 atom stereocenters. The lowest BCUT2D eigenvalue weighted by Crippen LogP contribution is -1.91. The summed E-state index contributed by atoms with van der Waals surface area (Å²) in [5.41, 5.74) is 0. The monoisotopic (exact) mass is 226 g/mol. The first-order valence-electron chi connectivity index (χ1n) is 5.93. The van der Waals surface area contributed by atoms with Gasteiger partial charge in [0.05, 0.1) is 6.61 Å². The van der Waals surface area contributed by atoms with Crippen molar-refractivity contribution in [1.82, 2.24) is 0 Å². The van der Waals surface area contributed by atoms with Crippen molar-refractivity contribution in [2.24, 2.45) is 0 Å². The van der Waals surface area contributed by atoms with E-state index < -0.39 is 0 Å². The van der Waals surface area contributed by atoms with Crippen molar-refractivity contribution >= 4 is 0 Å². The summed E-state index contributed by atoms with van der Waals surface area (Å²) in [6.07, 6.45) is 11.4. The highest BCUT2D eigenvalue weighted by molar-refractivity contribution is 5.08. The molecule has 0 aliphatic rings. The largest absolute Gasteiger partial charge is 0.508 e. The Kier molecular flexibility index (Phi) is 17.8. The molecule has 2 nitrogen and oxygen atoms in total. The summed E-state index contributed by atoms with van der Waals surface area (Å²) in [5.74, 6) is 0.282. The van der Waals surface area contributed by atoms with Crippen molar-refractivity contribution in [2.75, 3.05) is 13.2 Å². The second kappa shape index (κ2) is 16.4. The molecule has 0 aliphatic carbocycles. The van der Waals surface area contributed by atoms with E-state index in [4.69, 9.17) is 9.84 Å². The number of hydrogen-bond donors (Lipinski definition) is 1. The summed E-state index contributed by atoms with van der Waals surface area (Å²) in [4.78, 5) is 0. The molecule has 0 fully saturated rings. The van der Waals surface area contributed by atoms with E-state index >= 15 is 0 Å². The molecular formula is C14H26O2. The molecule has 0 aliphatic heterocycles. The quantitative estimate of drug-likeness (QED) is 0.315. The van der Waals surface area contributed by atoms with Crippen LogP contribution in [0, 0.1) is 0 Å². The molecule has 0 bridgehead atoms. The third-order valence-electron chi connectivity index (χ3n) is 1.62. The average Bonchev–Trinajstić information content (AvgIpc) is 2.30. The Morgan fingerprint density at radius 1 is 1.19 bits per heavy atom. The number of rotatable bonds is 6. The molecule has 1 N–H and O–H groups in total. The number of ether oxygens (including phenoxy) is 1. The van der Waals surface area contributed by atoms with Gasteiger partial charge < -0.3 is 9.84 Å². The fourth-order valence-electron chi connectivity index (χ4n) is 0.796. The summed E-state index contributed by atoms with van der Waals surface area (Å²) >= 11 is 0. The van der Waals surface area contributed by atoms with Gasteiger partial charge in [0, 0.05) is 6.61 Å². The Bertz CT molecular complexity index is 203. The summed E-state index contributed by atoms with van der Waals surface area (Å²) in [5, 5.41) is 8.93. The maximum atomic E-state index is 8.93. The number of hydrogen-bond acceptors (Lipinski definition) is 2. The van der Waals surface area contributed by atoms with Crippen molar-refractivity contribution in [3.63, 3.8) is 0 Å². The van der Waals surface area contributed by atoms with Gasteiger partial charge in [-0.05, 0) is 38.8 Å². The second-order valence-electron chi connectivity index (χ2n) is 3.17. The fourth-order valence-corrected chi connectivity index (χ4v) is 0.796. The lowest BCUT2D eigenvalue weighted by atomic mass is 10.4. The van der Waals surface area contributed by atoms with Gasteiger partial charge in [-0.3, -0.25) is 0 Å². The predicted molar refractivity (Wildman–Crippen MR) is 71.7 cm³/mol. The van der Waals surface area contributed by atoms with E-state index in [0.29, 0.717) is 6.61 Å². The first-order chi connectivity index (χ1) is 7.72. The zero-order chi connectivity index (χ0) is 12.6. The molecule has 0 unspecified atom stereocenters. The van der Waals surface area contributed by atoms with Gasteiger partial charge in [0.2, 0.25) is 0 Å². The standard InChI is InChI=1S/C9H16O2.C5H10/c1-3-7-11-8-5-6-9(10)4-2;1-3-5-4-2/h4-6,10H,3,7-8H2,1-2H3;3,5H,4H2,1-2H3/b6-5-,9-4+;5-3-. The van der Waals surface area contributed by atoms with Crippen LogP contribution in [-0.2, 0) is 4.74 Å². The van der Waals surface area contributed by atoms with E-state index in [1.165, 1.54) is 0 Å². The van der Waals surface area contributed by atoms with Crippen molar-refractivity contribution in [2.45, 2.75) is 40.5 Å². The Morgan fingerprint density at radius 2 is 1.88 bits per heavy atom. The maximum absolute atomic E-state index is 8.93. The summed E-state index contributed by atoms with van der Waals surface area (Å²) in [7, 11) is 0. The average molecular weight is 226 g/mol. The number of allylic oxidation sites excluding steroid dienone is 4. The van der Waals surface area contributed by atoms with Crippen LogP contribution < -0.4 is 0 Å². The topological polar surface area (TPSA) is 29.5 Å². The highest BCUT2D eigenvalue weighted by atomic mass is 16.5. The van der Waals surface area contributed by atoms with Crippen molar-refractivity contribution < 1.29 is 9.84 Å². The highest BCUT2D eigenvalue weighted by Gasteiger charge is 1.81. The lowest BCUT2D eigenvalue weighted by molar-refractivity contribution is 0.163. The predicted octanol–water partition coefficient (Wildman–Crippen LogP) is 4.40. The Balaban J connectivity index is 0. The molecule has 2 heteroatoms. The molecule has 0 heterocycles. The zero-order valence-corrected chi connectivity index (χ0v) is 11.1. The summed E-state index contributed by atoms with van der Waals surface area (Å²) in [6, 6.07) is 0. The maximum Gasteiger partial charge on any atom is 0.111 e. The van der Waals surface area contributed by atoms with Gasteiger partial charge in [-0.25, -0.2) is 0 Å². The molecule has 0 spiro atoms. The minimum absolute atomic E-state index is 0.282. The lowest BCUT2D eigenvalue weighted by Gasteiger charge is -1.95. The number of aliphatic hydroxyl groups excluding tert-OH is 1. The Labute approximate surface area is 100 Å². The van der Waals surface area contributed by atoms with Crippen LogP contribution in [-0.4, -0.2) is 18.3 Å². The van der Waals surface area contributed by atoms with E-state index in [2.05, 4.69) is 26.0 Å². The first kappa shape index (κ1) is 17.4. The van der Waals surface area contributed by atoms with Crippen LogP contribution in [0.15, 0.2) is 36.1 Å². The van der Waals surface area contributed by atoms with E-state index in [1.54, 1.807) is 25.2 Å². The van der Waals surface area contributed by atoms with Crippen LogP contribution in [0.1, 0.15) is 40.5 Å². The van der Waals surface area contributed by atoms with Crippen LogP contribution in [0.2, 0.25) is 0 Å². The molecule has 16 heavy (non-hydrogen) atoms. The highest BCUT2D eigenvalue weighted by Crippen LogP contribution is 1.89. The van der Waals surface area contributed by atoms with Gasteiger partial charge >= 0.3 is 0 Å². The summed E-state index contributed by atoms with van der Waals surface area (Å²) < 4.78 is 5.15. The van der Waals surface area contributed by atoms with E-state index in [-0.39, 0.29) is 5.76 Å². The van der Waals surface area contributed by atoms with Gasteiger partial charge in [0.25, 0.3) is 0 Å². The van der Waals surface area contributed by atoms with Gasteiger partial charge in [0.15, 0.2) is 0 Å². The van der Waals surface area contributed by atoms with Crippen LogP contribution in [0.3, 0.4) is 0 Å². The molecule has 0 aromatic heterocycles. The normalized spacial score (nSPS) is 11.9. The Morgan fingerprint density at radius 3 is 2.25 bits per heavy atom. The van der Waals surface area contributed by atoms with Crippen LogP contribution in [0.4, 0.5) is 0 Å². The van der Waals surface area contributed by atoms with Gasteiger partial charge in [-0.2, -0.15) is 0 Å². The molecular weight excluding hydrogens is 200 g/mol. The van der Waals surface area contributed by atoms with Crippen LogP contribution in [0.5, 0.6) is 0 Å². The van der Waals surface area contributed by atoms with E-state index in [0.717, 1.165) is 19.4 Å². The molecule has 0 amide bonds. The molecule has 94 valence electrons.